The molecule has 0 spiro atoms. The van der Waals surface area contributed by atoms with Crippen LogP contribution in [0.3, 0.4) is 0 Å². The third-order valence-corrected chi connectivity index (χ3v) is 29.0. The molecule has 0 N–H and O–H groups in total. The molecule has 0 saturated heterocycles. The molecule has 0 aliphatic carbocycles. The first-order chi connectivity index (χ1) is 7.91. The molecular weight excluding hydrogens is 381 g/mol. The first-order valence-electron chi connectivity index (χ1n) is 4.78. The van der Waals surface area contributed by atoms with Crippen LogP contribution in [0.4, 0.5) is 0 Å². The van der Waals surface area contributed by atoms with Gasteiger partial charge in [0, 0.05) is 0 Å². The highest BCUT2D eigenvalue weighted by atomic mass is 32.5. The molecule has 0 atom stereocenters. The van der Waals surface area contributed by atoms with E-state index in [-0.39, 0.29) is 26.4 Å². The van der Waals surface area contributed by atoms with Crippen LogP contribution in [0.5, 0.6) is 0 Å². The fourth-order valence-corrected chi connectivity index (χ4v) is 29.9. The van der Waals surface area contributed by atoms with Crippen LogP contribution in [0, 0.1) is 0 Å². The molecule has 16 heteroatoms. The highest BCUT2D eigenvalue weighted by molar-refractivity contribution is 8.43. The molecule has 0 saturated carbocycles. The molecule has 0 amide bonds. The summed E-state index contributed by atoms with van der Waals surface area (Å²) in [5.41, 5.74) is 0. The van der Waals surface area contributed by atoms with Crippen LogP contribution >= 0.6 is 10.7 Å². The molecule has 0 bridgehead atoms. The van der Waals surface area contributed by atoms with Crippen LogP contribution in [-0.4, -0.2) is 87.4 Å². The molecule has 0 aliphatic heterocycles. The summed E-state index contributed by atoms with van der Waals surface area (Å²) in [6, 6.07) is 0. The van der Waals surface area contributed by atoms with E-state index in [0.29, 0.717) is 0 Å². The van der Waals surface area contributed by atoms with Gasteiger partial charge in [0.25, 0.3) is 40.0 Å². The van der Waals surface area contributed by atoms with Crippen molar-refractivity contribution in [3.8, 4) is 0 Å². The molecule has 0 heterocycles. The van der Waals surface area contributed by atoms with Crippen molar-refractivity contribution in [3.05, 3.63) is 0 Å². The van der Waals surface area contributed by atoms with Gasteiger partial charge in [0.2, 0.25) is 8.91 Å². The zero-order chi connectivity index (χ0) is 11.9. The van der Waals surface area contributed by atoms with Gasteiger partial charge in [-0.3, -0.25) is 0 Å². The Kier molecular flexibility index (Phi) is 19.3. The van der Waals surface area contributed by atoms with Crippen LogP contribution in [0.15, 0.2) is 0 Å². The maximum absolute atomic E-state index is 5.59. The Balaban J connectivity index is 2.83. The second-order valence-electron chi connectivity index (χ2n) is 2.60. The molecule has 0 rings (SSSR count). The Bertz CT molecular complexity index is 113. The molecule has 0 aromatic carbocycles. The zero-order valence-corrected chi connectivity index (χ0v) is 24.5. The lowest BCUT2D eigenvalue weighted by Crippen LogP contribution is -2.17. The molecule has 0 unspecified atom stereocenters. The maximum Gasteiger partial charge on any atom is 0.285 e. The molecule has 16 heavy (non-hydrogen) atoms. The summed E-state index contributed by atoms with van der Waals surface area (Å²) in [6.45, 7) is 0. The predicted molar refractivity (Wildman–Crippen MR) is 93.8 cm³/mol. The maximum atomic E-state index is 5.59. The van der Waals surface area contributed by atoms with E-state index in [1.165, 1.54) is 0 Å². The lowest BCUT2D eigenvalue weighted by Gasteiger charge is -2.05. The smallest absolute Gasteiger partial charge is 0.285 e. The quantitative estimate of drug-likeness (QED) is 0.225. The summed E-state index contributed by atoms with van der Waals surface area (Å²) in [7, 11) is 0.480. The van der Waals surface area contributed by atoms with Crippen LogP contribution in [0.2, 0.25) is 0 Å². The highest BCUT2D eigenvalue weighted by Crippen LogP contribution is 1.91. The average molecular weight is 401 g/mol. The van der Waals surface area contributed by atoms with Crippen molar-refractivity contribution in [2.24, 2.45) is 0 Å². The van der Waals surface area contributed by atoms with Gasteiger partial charge in [0.1, 0.15) is 30.3 Å². The molecule has 0 aromatic heterocycles. The summed E-state index contributed by atoms with van der Waals surface area (Å²) < 4.78 is 31.9. The fraction of sp³-hybridized carbons (Fsp3) is 0. The van der Waals surface area contributed by atoms with E-state index >= 15 is 0 Å². The zero-order valence-electron chi connectivity index (χ0n) is 9.81. The third kappa shape index (κ3) is 16.1. The monoisotopic (exact) mass is 400 g/mol. The van der Waals surface area contributed by atoms with Gasteiger partial charge >= 0.3 is 0 Å². The van der Waals surface area contributed by atoms with Crippen molar-refractivity contribution in [1.29, 1.82) is 0 Å². The summed E-state index contributed by atoms with van der Waals surface area (Å²) in [6.07, 6.45) is 0. The van der Waals surface area contributed by atoms with Crippen LogP contribution in [0.25, 0.3) is 0 Å². The van der Waals surface area contributed by atoms with Crippen molar-refractivity contribution in [3.63, 3.8) is 0 Å². The Hall–Kier alpha value is 2.06. The van der Waals surface area contributed by atoms with Crippen molar-refractivity contribution in [2.75, 3.05) is 0 Å². The topological polar surface area (TPSA) is 55.4 Å². The van der Waals surface area contributed by atoms with E-state index in [4.69, 9.17) is 24.7 Å². The molecule has 0 aromatic rings. The molecule has 0 radical (unpaired) electrons. The Morgan fingerprint density at radius 1 is 0.750 bits per heavy atom. The summed E-state index contributed by atoms with van der Waals surface area (Å²) >= 11 is 0. The van der Waals surface area contributed by atoms with Crippen LogP contribution < -0.4 is 0 Å². The fourth-order valence-electron chi connectivity index (χ4n) is 0.681. The van der Waals surface area contributed by atoms with Crippen molar-refractivity contribution in [1.82, 2.24) is 0 Å². The van der Waals surface area contributed by atoms with Crippen LogP contribution in [0.1, 0.15) is 0 Å². The van der Waals surface area contributed by atoms with Gasteiger partial charge in [-0.1, -0.05) is 0 Å². The van der Waals surface area contributed by atoms with Gasteiger partial charge in [-0.05, 0) is 0 Å². The summed E-state index contributed by atoms with van der Waals surface area (Å²) in [4.78, 5) is 0. The van der Waals surface area contributed by atoms with Gasteiger partial charge < -0.3 is 24.7 Å². The largest absolute Gasteiger partial charge is 0.449 e. The second kappa shape index (κ2) is 17.1. The number of rotatable bonds is 13. The Labute approximate surface area is 122 Å². The Morgan fingerprint density at radius 3 is 2.00 bits per heavy atom. The summed E-state index contributed by atoms with van der Waals surface area (Å²) in [5.74, 6) is 0. The lowest BCUT2D eigenvalue weighted by molar-refractivity contribution is 0.441. The van der Waals surface area contributed by atoms with E-state index in [1.807, 2.05) is 0 Å². The lowest BCUT2D eigenvalue weighted by atomic mass is 15.7. The first-order valence-corrected chi connectivity index (χ1v) is 20.8. The third-order valence-electron chi connectivity index (χ3n) is 1.27. The Morgan fingerprint density at radius 2 is 1.38 bits per heavy atom. The number of hydrogen-bond acceptors (Lipinski definition) is 7. The van der Waals surface area contributed by atoms with E-state index < -0.39 is 40.0 Å². The predicted octanol–water partition coefficient (Wildman–Crippen LogP) is -8.54. The first kappa shape index (κ1) is 18.1. The van der Waals surface area contributed by atoms with Crippen molar-refractivity contribution >= 4 is 98.0 Å². The standard InChI is InChI=1S/H20O6SSi9/c8-1-10-3-12-5-14-7-16-15-6-13-4-11-2-9/h10-16H2,8-9H3. The average Bonchev–Trinajstić information content (AvgIpc) is 2.31. The molecule has 6 nitrogen and oxygen atoms in total. The normalized spacial score (nSPS) is 16.5. The van der Waals surface area contributed by atoms with Gasteiger partial charge in [0.15, 0.2) is 0 Å². The van der Waals surface area contributed by atoms with Gasteiger partial charge in [-0.2, -0.15) is 10.7 Å². The number of hydrogen-bond donors (Lipinski definition) is 0. The van der Waals surface area contributed by atoms with Crippen molar-refractivity contribution in [2.45, 2.75) is 0 Å². The highest BCUT2D eigenvalue weighted by Gasteiger charge is 1.95. The molecule has 98 valence electrons. The van der Waals surface area contributed by atoms with E-state index in [2.05, 4.69) is 10.7 Å². The molecular formula is H20O6SSi9. The molecule has 0 fully saturated rings. The van der Waals surface area contributed by atoms with Crippen LogP contribution in [-0.2, 0) is 24.7 Å². The SMILES string of the molecule is [SiH3]O[SiH2]O[SiH2]O[SiH2][SiH2]S[SiH2]O[SiH2]O[SiH2]O[SiH3]. The minimum atomic E-state index is -0.677. The van der Waals surface area contributed by atoms with E-state index in [9.17, 15) is 0 Å². The van der Waals surface area contributed by atoms with E-state index in [0.717, 1.165) is 21.0 Å². The van der Waals surface area contributed by atoms with Crippen molar-refractivity contribution < 1.29 is 24.7 Å². The van der Waals surface area contributed by atoms with Gasteiger partial charge in [-0.15, -0.1) is 0 Å². The second-order valence-corrected chi connectivity index (χ2v) is 27.9. The summed E-state index contributed by atoms with van der Waals surface area (Å²) in [5, 5.41) is 0. The minimum Gasteiger partial charge on any atom is -0.449 e. The van der Waals surface area contributed by atoms with Gasteiger partial charge in [0.05, 0.1) is 8.19 Å². The van der Waals surface area contributed by atoms with Gasteiger partial charge in [-0.25, -0.2) is 0 Å². The molecule has 0 aliphatic rings. The minimum absolute atomic E-state index is 0.000731. The van der Waals surface area contributed by atoms with E-state index in [1.54, 1.807) is 0 Å².